The molecule has 0 aliphatic carbocycles. The van der Waals surface area contributed by atoms with Crippen LogP contribution < -0.4 is 5.73 Å². The lowest BCUT2D eigenvalue weighted by atomic mass is 10.0. The van der Waals surface area contributed by atoms with Crippen molar-refractivity contribution in [1.29, 1.82) is 0 Å². The second kappa shape index (κ2) is 3.75. The minimum Gasteiger partial charge on any atom is -0.505 e. The van der Waals surface area contributed by atoms with E-state index in [0.717, 1.165) is 5.56 Å². The molecule has 0 aliphatic rings. The maximum atomic E-state index is 13.1. The molecule has 3 N–H and O–H groups in total. The van der Waals surface area contributed by atoms with Gasteiger partial charge in [0.2, 0.25) is 0 Å². The van der Waals surface area contributed by atoms with Gasteiger partial charge in [0.05, 0.1) is 0 Å². The second-order valence-electron chi connectivity index (χ2n) is 3.18. The third kappa shape index (κ3) is 1.80. The number of phenolic OH excluding ortho intramolecular Hbond substituents is 1. The molecule has 0 bridgehead atoms. The van der Waals surface area contributed by atoms with E-state index in [9.17, 15) is 9.50 Å². The first-order chi connectivity index (χ1) is 6.07. The van der Waals surface area contributed by atoms with Gasteiger partial charge in [-0.3, -0.25) is 0 Å². The van der Waals surface area contributed by atoms with Gasteiger partial charge in [-0.05, 0) is 43.5 Å². The van der Waals surface area contributed by atoms with E-state index in [-0.39, 0.29) is 5.75 Å². The molecule has 0 aromatic heterocycles. The maximum absolute atomic E-state index is 13.1. The van der Waals surface area contributed by atoms with Gasteiger partial charge in [-0.15, -0.1) is 0 Å². The molecule has 0 amide bonds. The summed E-state index contributed by atoms with van der Waals surface area (Å²) in [5, 5.41) is 9.38. The van der Waals surface area contributed by atoms with Gasteiger partial charge in [-0.1, -0.05) is 6.07 Å². The van der Waals surface area contributed by atoms with Crippen LogP contribution in [-0.2, 0) is 6.42 Å². The summed E-state index contributed by atoms with van der Waals surface area (Å²) in [6, 6.07) is 1.73. The summed E-state index contributed by atoms with van der Waals surface area (Å²) in [5.74, 6) is -0.776. The number of halogens is 1. The van der Waals surface area contributed by atoms with Gasteiger partial charge in [0.1, 0.15) is 0 Å². The topological polar surface area (TPSA) is 46.2 Å². The van der Waals surface area contributed by atoms with Crippen LogP contribution in [0.5, 0.6) is 5.75 Å². The van der Waals surface area contributed by atoms with Crippen LogP contribution in [-0.4, -0.2) is 11.7 Å². The van der Waals surface area contributed by atoms with Crippen molar-refractivity contribution in [2.45, 2.75) is 20.3 Å². The first-order valence-corrected chi connectivity index (χ1v) is 4.25. The van der Waals surface area contributed by atoms with E-state index < -0.39 is 5.82 Å². The first-order valence-electron chi connectivity index (χ1n) is 4.25. The Hall–Kier alpha value is -1.09. The molecule has 72 valence electrons. The molecule has 0 atom stereocenters. The molecule has 0 saturated carbocycles. The number of phenols is 1. The lowest BCUT2D eigenvalue weighted by Crippen LogP contribution is -2.05. The first kappa shape index (κ1) is 9.99. The highest BCUT2D eigenvalue weighted by Crippen LogP contribution is 2.26. The average Bonchev–Trinajstić information content (AvgIpc) is 2.11. The summed E-state index contributed by atoms with van der Waals surface area (Å²) in [7, 11) is 0. The van der Waals surface area contributed by atoms with Gasteiger partial charge in [0, 0.05) is 0 Å². The number of hydrogen-bond donors (Lipinski definition) is 2. The lowest BCUT2D eigenvalue weighted by Gasteiger charge is -2.09. The van der Waals surface area contributed by atoms with Crippen molar-refractivity contribution in [3.63, 3.8) is 0 Å². The Bertz CT molecular complexity index is 323. The van der Waals surface area contributed by atoms with E-state index in [4.69, 9.17) is 5.73 Å². The van der Waals surface area contributed by atoms with Crippen LogP contribution in [0.25, 0.3) is 0 Å². The molecule has 0 spiro atoms. The molecule has 3 heteroatoms. The summed E-state index contributed by atoms with van der Waals surface area (Å²) < 4.78 is 13.1. The number of aryl methyl sites for hydroxylation is 1. The predicted octanol–water partition coefficient (Wildman–Crippen LogP) is 1.65. The molecule has 0 fully saturated rings. The SMILES string of the molecule is Cc1cc(CCN)c(C)c(O)c1F. The summed E-state index contributed by atoms with van der Waals surface area (Å²) >= 11 is 0. The summed E-state index contributed by atoms with van der Waals surface area (Å²) in [6.45, 7) is 3.84. The van der Waals surface area contributed by atoms with Gasteiger partial charge < -0.3 is 10.8 Å². The molecule has 0 saturated heterocycles. The zero-order valence-corrected chi connectivity index (χ0v) is 7.89. The Labute approximate surface area is 77.2 Å². The van der Waals surface area contributed by atoms with Gasteiger partial charge in [0.15, 0.2) is 11.6 Å². The number of nitrogens with two attached hydrogens (primary N) is 1. The minimum absolute atomic E-state index is 0.247. The molecule has 2 nitrogen and oxygen atoms in total. The largest absolute Gasteiger partial charge is 0.505 e. The van der Waals surface area contributed by atoms with Crippen molar-refractivity contribution >= 4 is 0 Å². The Balaban J connectivity index is 3.24. The Kier molecular flexibility index (Phi) is 2.88. The fourth-order valence-electron chi connectivity index (χ4n) is 1.35. The van der Waals surface area contributed by atoms with Crippen LogP contribution in [0.1, 0.15) is 16.7 Å². The van der Waals surface area contributed by atoms with E-state index in [2.05, 4.69) is 0 Å². The standard InChI is InChI=1S/C10H14FNO/c1-6-5-8(3-4-12)7(2)10(13)9(6)11/h5,13H,3-4,12H2,1-2H3. The quantitative estimate of drug-likeness (QED) is 0.732. The van der Waals surface area contributed by atoms with Crippen LogP contribution in [0.4, 0.5) is 4.39 Å². The van der Waals surface area contributed by atoms with Gasteiger partial charge in [0.25, 0.3) is 0 Å². The van der Waals surface area contributed by atoms with Gasteiger partial charge in [-0.2, -0.15) is 0 Å². The zero-order valence-electron chi connectivity index (χ0n) is 7.89. The number of benzene rings is 1. The molecule has 0 unspecified atom stereocenters. The third-order valence-corrected chi connectivity index (χ3v) is 2.20. The van der Waals surface area contributed by atoms with Crippen molar-refractivity contribution in [3.05, 3.63) is 28.6 Å². The Morgan fingerprint density at radius 3 is 2.62 bits per heavy atom. The monoisotopic (exact) mass is 183 g/mol. The van der Waals surface area contributed by atoms with Crippen LogP contribution in [0.3, 0.4) is 0 Å². The molecule has 0 heterocycles. The van der Waals surface area contributed by atoms with E-state index >= 15 is 0 Å². The fraction of sp³-hybridized carbons (Fsp3) is 0.400. The second-order valence-corrected chi connectivity index (χ2v) is 3.18. The maximum Gasteiger partial charge on any atom is 0.167 e. The molecule has 0 radical (unpaired) electrons. The molecule has 1 aromatic rings. The van der Waals surface area contributed by atoms with E-state index in [1.807, 2.05) is 0 Å². The van der Waals surface area contributed by atoms with E-state index in [1.165, 1.54) is 0 Å². The van der Waals surface area contributed by atoms with Gasteiger partial charge in [-0.25, -0.2) is 4.39 Å². The van der Waals surface area contributed by atoms with Crippen molar-refractivity contribution in [3.8, 4) is 5.75 Å². The van der Waals surface area contributed by atoms with Crippen molar-refractivity contribution in [2.24, 2.45) is 5.73 Å². The zero-order chi connectivity index (χ0) is 10.0. The number of hydrogen-bond acceptors (Lipinski definition) is 2. The number of aromatic hydroxyl groups is 1. The normalized spacial score (nSPS) is 10.5. The minimum atomic E-state index is -0.529. The smallest absolute Gasteiger partial charge is 0.167 e. The van der Waals surface area contributed by atoms with Crippen molar-refractivity contribution in [1.82, 2.24) is 0 Å². The van der Waals surface area contributed by atoms with Gasteiger partial charge >= 0.3 is 0 Å². The van der Waals surface area contributed by atoms with Crippen molar-refractivity contribution < 1.29 is 9.50 Å². The predicted molar refractivity (Wildman–Crippen MR) is 50.3 cm³/mol. The van der Waals surface area contributed by atoms with Crippen molar-refractivity contribution in [2.75, 3.05) is 6.54 Å². The highest BCUT2D eigenvalue weighted by molar-refractivity contribution is 5.43. The fourth-order valence-corrected chi connectivity index (χ4v) is 1.35. The van der Waals surface area contributed by atoms with Crippen LogP contribution in [0.2, 0.25) is 0 Å². The van der Waals surface area contributed by atoms with Crippen LogP contribution in [0, 0.1) is 19.7 Å². The van der Waals surface area contributed by atoms with E-state index in [0.29, 0.717) is 24.1 Å². The lowest BCUT2D eigenvalue weighted by molar-refractivity contribution is 0.425. The van der Waals surface area contributed by atoms with Crippen LogP contribution >= 0.6 is 0 Å². The molecule has 13 heavy (non-hydrogen) atoms. The Morgan fingerprint density at radius 1 is 1.46 bits per heavy atom. The summed E-state index contributed by atoms with van der Waals surface area (Å²) in [5.41, 5.74) is 7.36. The summed E-state index contributed by atoms with van der Waals surface area (Å²) in [4.78, 5) is 0. The van der Waals surface area contributed by atoms with Crippen LogP contribution in [0.15, 0.2) is 6.07 Å². The molecule has 1 aromatic carbocycles. The van der Waals surface area contributed by atoms with E-state index in [1.54, 1.807) is 19.9 Å². The summed E-state index contributed by atoms with van der Waals surface area (Å²) in [6.07, 6.45) is 0.667. The number of rotatable bonds is 2. The third-order valence-electron chi connectivity index (χ3n) is 2.20. The molecule has 1 rings (SSSR count). The molecular weight excluding hydrogens is 169 g/mol. The molecule has 0 aliphatic heterocycles. The highest BCUT2D eigenvalue weighted by Gasteiger charge is 2.11. The average molecular weight is 183 g/mol. The highest BCUT2D eigenvalue weighted by atomic mass is 19.1. The molecular formula is C10H14FNO. The Morgan fingerprint density at radius 2 is 2.08 bits per heavy atom.